The maximum absolute atomic E-state index is 13.1. The van der Waals surface area contributed by atoms with Crippen molar-refractivity contribution < 1.29 is 15.9 Å². The van der Waals surface area contributed by atoms with Crippen molar-refractivity contribution >= 4 is 17.7 Å². The molecule has 2 fully saturated rings. The Labute approximate surface area is 186 Å². The van der Waals surface area contributed by atoms with Gasteiger partial charge in [-0.15, -0.1) is 11.8 Å². The molecule has 0 radical (unpaired) electrons. The fraction of sp³-hybridized carbons (Fsp3) is 0.708. The van der Waals surface area contributed by atoms with Gasteiger partial charge in [0, 0.05) is 24.0 Å². The third kappa shape index (κ3) is 6.71. The molecule has 1 aliphatic carbocycles. The van der Waals surface area contributed by atoms with Gasteiger partial charge in [-0.2, -0.15) is 0 Å². The van der Waals surface area contributed by atoms with Crippen LogP contribution >= 0.6 is 11.8 Å². The van der Waals surface area contributed by atoms with Gasteiger partial charge in [-0.1, -0.05) is 37.5 Å². The van der Waals surface area contributed by atoms with Crippen LogP contribution in [0.1, 0.15) is 52.9 Å². The summed E-state index contributed by atoms with van der Waals surface area (Å²) >= 11 is 1.73. The number of rotatable bonds is 7. The van der Waals surface area contributed by atoms with Crippen molar-refractivity contribution in [2.45, 2.75) is 81.5 Å². The zero-order valence-corrected chi connectivity index (χ0v) is 19.6. The van der Waals surface area contributed by atoms with E-state index in [0.29, 0.717) is 18.4 Å². The van der Waals surface area contributed by atoms with Crippen LogP contribution in [-0.4, -0.2) is 58.5 Å². The number of aliphatic imine (C=N–C) groups is 1. The van der Waals surface area contributed by atoms with E-state index in [-0.39, 0.29) is 23.5 Å². The number of β-amino-alcohol motifs (C(OH)–C–C–N with tert-alkyl or cyclic N) is 1. The molecular formula is C24H39N3O2S. The van der Waals surface area contributed by atoms with E-state index in [0.717, 1.165) is 18.7 Å². The Morgan fingerprint density at radius 2 is 1.90 bits per heavy atom. The smallest absolute Gasteiger partial charge is 0.121 e. The third-order valence-electron chi connectivity index (χ3n) is 6.41. The van der Waals surface area contributed by atoms with E-state index >= 15 is 0 Å². The van der Waals surface area contributed by atoms with Crippen molar-refractivity contribution in [3.8, 4) is 0 Å². The molecule has 168 valence electrons. The van der Waals surface area contributed by atoms with Crippen molar-refractivity contribution in [3.63, 3.8) is 0 Å². The van der Waals surface area contributed by atoms with E-state index in [4.69, 9.17) is 0 Å². The maximum Gasteiger partial charge on any atom is 0.121 e. The highest BCUT2D eigenvalue weighted by Gasteiger charge is 2.38. The highest BCUT2D eigenvalue weighted by Crippen LogP contribution is 2.38. The molecular weight excluding hydrogens is 394 g/mol. The van der Waals surface area contributed by atoms with Gasteiger partial charge in [0.05, 0.1) is 11.3 Å². The van der Waals surface area contributed by atoms with Crippen molar-refractivity contribution in [2.75, 3.05) is 18.8 Å². The van der Waals surface area contributed by atoms with E-state index in [1.54, 1.807) is 11.8 Å². The lowest BCUT2D eigenvalue weighted by Crippen LogP contribution is -2.70. The summed E-state index contributed by atoms with van der Waals surface area (Å²) in [5.41, 5.74) is 3.85. The quantitative estimate of drug-likeness (QED) is 0.392. The number of fused-ring (bicyclic) bond motifs is 1. The SMILES string of the molecule is CC(C)(C)N=C([O-])[C@@H]1C[C@@H]2CCCC[C@@H]2CN1C[C@@H](O)[C@@H]([NH3+])CSc1ccccc1. The molecule has 1 heterocycles. The van der Waals surface area contributed by atoms with Gasteiger partial charge in [-0.25, -0.2) is 0 Å². The van der Waals surface area contributed by atoms with Gasteiger partial charge in [-0.3, -0.25) is 9.89 Å². The summed E-state index contributed by atoms with van der Waals surface area (Å²) in [6, 6.07) is 9.94. The molecule has 0 unspecified atom stereocenters. The zero-order valence-electron chi connectivity index (χ0n) is 18.8. The van der Waals surface area contributed by atoms with Gasteiger partial charge in [-0.05, 0) is 63.5 Å². The van der Waals surface area contributed by atoms with E-state index < -0.39 is 6.10 Å². The molecule has 3 rings (SSSR count). The van der Waals surface area contributed by atoms with E-state index in [2.05, 4.69) is 27.8 Å². The van der Waals surface area contributed by atoms with Gasteiger partial charge < -0.3 is 15.9 Å². The first-order chi connectivity index (χ1) is 14.2. The van der Waals surface area contributed by atoms with Crippen LogP contribution in [-0.2, 0) is 0 Å². The number of piperidine rings is 1. The summed E-state index contributed by atoms with van der Waals surface area (Å²) in [5.74, 6) is 2.01. The van der Waals surface area contributed by atoms with Crippen LogP contribution in [0.3, 0.4) is 0 Å². The predicted molar refractivity (Wildman–Crippen MR) is 122 cm³/mol. The first-order valence-electron chi connectivity index (χ1n) is 11.4. The summed E-state index contributed by atoms with van der Waals surface area (Å²) in [7, 11) is 0. The Bertz CT molecular complexity index is 691. The zero-order chi connectivity index (χ0) is 21.7. The molecule has 5 nitrogen and oxygen atoms in total. The normalized spacial score (nSPS) is 28.0. The Balaban J connectivity index is 1.65. The third-order valence-corrected chi connectivity index (χ3v) is 7.61. The second-order valence-corrected chi connectivity index (χ2v) is 11.2. The van der Waals surface area contributed by atoms with Gasteiger partial charge >= 0.3 is 0 Å². The molecule has 1 aromatic rings. The second-order valence-electron chi connectivity index (χ2n) is 10.1. The fourth-order valence-electron chi connectivity index (χ4n) is 4.78. The largest absolute Gasteiger partial charge is 0.861 e. The minimum atomic E-state index is -0.550. The second kappa shape index (κ2) is 10.5. The monoisotopic (exact) mass is 433 g/mol. The van der Waals surface area contributed by atoms with Crippen LogP contribution in [0.4, 0.5) is 0 Å². The number of hydrogen-bond acceptors (Lipinski definition) is 5. The number of nitrogens with zero attached hydrogens (tertiary/aromatic N) is 2. The summed E-state index contributed by atoms with van der Waals surface area (Å²) < 4.78 is 0. The van der Waals surface area contributed by atoms with Crippen molar-refractivity contribution in [2.24, 2.45) is 16.8 Å². The summed E-state index contributed by atoms with van der Waals surface area (Å²) in [6.07, 6.45) is 5.37. The average molecular weight is 434 g/mol. The molecule has 1 aliphatic heterocycles. The molecule has 5 atom stereocenters. The molecule has 1 saturated heterocycles. The van der Waals surface area contributed by atoms with Gasteiger partial charge in [0.15, 0.2) is 0 Å². The summed E-state index contributed by atoms with van der Waals surface area (Å²) in [6.45, 7) is 7.33. The topological polar surface area (TPSA) is 86.5 Å². The first kappa shape index (κ1) is 23.6. The predicted octanol–water partition coefficient (Wildman–Crippen LogP) is 2.19. The summed E-state index contributed by atoms with van der Waals surface area (Å²) in [4.78, 5) is 7.88. The Kier molecular flexibility index (Phi) is 8.24. The van der Waals surface area contributed by atoms with Crippen LogP contribution in [0, 0.1) is 11.8 Å². The maximum atomic E-state index is 13.1. The standard InChI is InChI=1S/C24H39N3O2S/c1-24(2,3)26-23(29)21-13-17-9-7-8-10-18(17)14-27(21)15-22(28)20(25)16-30-19-11-5-4-6-12-19/h4-6,11-12,17-18,20-22,28H,7-10,13-16,25H2,1-3H3,(H,26,29)/t17-,18+,20-,21-,22+/m0/s1. The van der Waals surface area contributed by atoms with Crippen LogP contribution in [0.25, 0.3) is 0 Å². The van der Waals surface area contributed by atoms with Crippen molar-refractivity contribution in [1.29, 1.82) is 0 Å². The highest BCUT2D eigenvalue weighted by molar-refractivity contribution is 7.99. The number of hydrogen-bond donors (Lipinski definition) is 2. The fourth-order valence-corrected chi connectivity index (χ4v) is 5.76. The lowest BCUT2D eigenvalue weighted by molar-refractivity contribution is -0.430. The van der Waals surface area contributed by atoms with Crippen molar-refractivity contribution in [1.82, 2.24) is 4.90 Å². The van der Waals surface area contributed by atoms with Crippen LogP contribution < -0.4 is 10.8 Å². The number of benzene rings is 1. The Hall–Kier alpha value is -1.08. The van der Waals surface area contributed by atoms with Gasteiger partial charge in [0.2, 0.25) is 0 Å². The molecule has 2 aliphatic rings. The Morgan fingerprint density at radius 1 is 1.23 bits per heavy atom. The van der Waals surface area contributed by atoms with Gasteiger partial charge in [0.25, 0.3) is 0 Å². The molecule has 0 spiro atoms. The summed E-state index contributed by atoms with van der Waals surface area (Å²) in [5, 5.41) is 24.0. The van der Waals surface area contributed by atoms with E-state index in [1.807, 2.05) is 39.0 Å². The molecule has 1 aromatic carbocycles. The molecule has 0 amide bonds. The number of quaternary nitrogens is 1. The molecule has 4 N–H and O–H groups in total. The van der Waals surface area contributed by atoms with E-state index in [1.165, 1.54) is 30.6 Å². The number of thioether (sulfide) groups is 1. The number of aliphatic hydroxyl groups is 1. The molecule has 1 saturated carbocycles. The van der Waals surface area contributed by atoms with Crippen LogP contribution in [0.15, 0.2) is 40.2 Å². The Morgan fingerprint density at radius 3 is 2.57 bits per heavy atom. The first-order valence-corrected chi connectivity index (χ1v) is 12.4. The van der Waals surface area contributed by atoms with Gasteiger partial charge in [0.1, 0.15) is 12.1 Å². The lowest BCUT2D eigenvalue weighted by Gasteiger charge is -2.48. The van der Waals surface area contributed by atoms with Crippen molar-refractivity contribution in [3.05, 3.63) is 30.3 Å². The minimum absolute atomic E-state index is 0.0157. The molecule has 30 heavy (non-hydrogen) atoms. The van der Waals surface area contributed by atoms with Crippen LogP contribution in [0.2, 0.25) is 0 Å². The molecule has 6 heteroatoms. The highest BCUT2D eigenvalue weighted by atomic mass is 32.2. The molecule has 0 bridgehead atoms. The number of likely N-dealkylation sites (tertiary alicyclic amines) is 1. The lowest BCUT2D eigenvalue weighted by atomic mass is 9.72. The number of aliphatic hydroxyl groups excluding tert-OH is 1. The minimum Gasteiger partial charge on any atom is -0.861 e. The molecule has 0 aromatic heterocycles. The average Bonchev–Trinajstić information content (AvgIpc) is 2.71. The van der Waals surface area contributed by atoms with Crippen LogP contribution in [0.5, 0.6) is 0 Å². The van der Waals surface area contributed by atoms with E-state index in [9.17, 15) is 10.2 Å².